The molecule has 0 unspecified atom stereocenters. The molecule has 0 aliphatic rings. The molecule has 0 atom stereocenters. The van der Waals surface area contributed by atoms with Gasteiger partial charge in [-0.2, -0.15) is 0 Å². The molecule has 0 aromatic carbocycles. The molecule has 3 nitrogen and oxygen atoms in total. The van der Waals surface area contributed by atoms with Crippen LogP contribution in [0.25, 0.3) is 0 Å². The zero-order chi connectivity index (χ0) is 12.8. The normalized spacial score (nSPS) is 14.6. The van der Waals surface area contributed by atoms with Crippen molar-refractivity contribution in [1.82, 2.24) is 5.01 Å². The molecule has 4 N–H and O–H groups in total. The Labute approximate surface area is 107 Å². The summed E-state index contributed by atoms with van der Waals surface area (Å²) < 4.78 is 0.886. The van der Waals surface area contributed by atoms with Gasteiger partial charge in [-0.15, -0.1) is 0 Å². The fraction of sp³-hybridized carbons (Fsp3) is 0.500. The van der Waals surface area contributed by atoms with E-state index in [-0.39, 0.29) is 5.41 Å². The summed E-state index contributed by atoms with van der Waals surface area (Å²) in [5, 5.41) is 1.68. The molecule has 92 valence electrons. The average Bonchev–Trinajstić information content (AvgIpc) is 2.08. The van der Waals surface area contributed by atoms with Crippen LogP contribution in [0.3, 0.4) is 0 Å². The van der Waals surface area contributed by atoms with Crippen LogP contribution in [-0.2, 0) is 0 Å². The molecule has 0 aromatic rings. The van der Waals surface area contributed by atoms with Crippen LogP contribution in [0, 0.1) is 5.41 Å². The van der Waals surface area contributed by atoms with E-state index in [0.717, 1.165) is 16.7 Å². The first-order valence-corrected chi connectivity index (χ1v) is 6.00. The van der Waals surface area contributed by atoms with E-state index in [2.05, 4.69) is 36.7 Å². The second-order valence-corrected chi connectivity index (χ2v) is 5.82. The van der Waals surface area contributed by atoms with Gasteiger partial charge >= 0.3 is 0 Å². The summed E-state index contributed by atoms with van der Waals surface area (Å²) in [6.45, 7) is 9.09. The highest BCUT2D eigenvalue weighted by Crippen LogP contribution is 2.13. The number of rotatable bonds is 4. The Kier molecular flexibility index (Phi) is 6.45. The number of hydrogen-bond donors (Lipinski definition) is 2. The summed E-state index contributed by atoms with van der Waals surface area (Å²) in [4.78, 5) is 0. The standard InChI is InChI=1S/C12H22BrN3/c1-10(14)11(13)7-5-6-8-16(15)9-12(2,3)4/h5-8H,9,14-15H2,1-4H3/b7-5-,8-6+,11-10-. The first-order valence-electron chi connectivity index (χ1n) is 5.20. The number of nitrogens with two attached hydrogens (primary N) is 2. The van der Waals surface area contributed by atoms with Gasteiger partial charge in [-0.3, -0.25) is 0 Å². The number of allylic oxidation sites excluding steroid dienone is 5. The summed E-state index contributed by atoms with van der Waals surface area (Å²) in [5.41, 5.74) is 6.53. The van der Waals surface area contributed by atoms with E-state index >= 15 is 0 Å². The van der Waals surface area contributed by atoms with E-state index in [1.165, 1.54) is 0 Å². The summed E-state index contributed by atoms with van der Waals surface area (Å²) in [6.07, 6.45) is 7.50. The molecule has 0 rings (SSSR count). The van der Waals surface area contributed by atoms with Gasteiger partial charge in [0.25, 0.3) is 0 Å². The van der Waals surface area contributed by atoms with Crippen LogP contribution in [0.5, 0.6) is 0 Å². The molecule has 0 spiro atoms. The molecular formula is C12H22BrN3. The monoisotopic (exact) mass is 287 g/mol. The number of nitrogens with zero attached hydrogens (tertiary/aromatic N) is 1. The minimum Gasteiger partial charge on any atom is -0.401 e. The van der Waals surface area contributed by atoms with Crippen molar-refractivity contribution in [1.29, 1.82) is 0 Å². The van der Waals surface area contributed by atoms with Gasteiger partial charge in [0.1, 0.15) is 0 Å². The molecule has 0 saturated heterocycles. The van der Waals surface area contributed by atoms with Crippen molar-refractivity contribution in [3.05, 3.63) is 34.6 Å². The van der Waals surface area contributed by atoms with Crippen LogP contribution in [0.2, 0.25) is 0 Å². The molecule has 0 saturated carbocycles. The number of hydrogen-bond acceptors (Lipinski definition) is 3. The van der Waals surface area contributed by atoms with Gasteiger partial charge in [-0.05, 0) is 40.4 Å². The van der Waals surface area contributed by atoms with Crippen molar-refractivity contribution >= 4 is 15.9 Å². The minimum absolute atomic E-state index is 0.192. The maximum atomic E-state index is 5.80. The lowest BCUT2D eigenvalue weighted by atomic mass is 9.97. The smallest absolute Gasteiger partial charge is 0.0383 e. The molecule has 0 aliphatic carbocycles. The molecule has 0 aromatic heterocycles. The van der Waals surface area contributed by atoms with Crippen LogP contribution < -0.4 is 11.6 Å². The van der Waals surface area contributed by atoms with E-state index < -0.39 is 0 Å². The maximum absolute atomic E-state index is 5.80. The fourth-order valence-electron chi connectivity index (χ4n) is 1.03. The Morgan fingerprint density at radius 2 is 1.88 bits per heavy atom. The Balaban J connectivity index is 4.17. The SMILES string of the molecule is C\C(N)=C(Br)/C=C\C=C\N(N)CC(C)(C)C. The largest absolute Gasteiger partial charge is 0.401 e. The lowest BCUT2D eigenvalue weighted by Crippen LogP contribution is -2.33. The van der Waals surface area contributed by atoms with Gasteiger partial charge in [-0.25, -0.2) is 5.84 Å². The van der Waals surface area contributed by atoms with Crippen LogP contribution in [0.1, 0.15) is 27.7 Å². The highest BCUT2D eigenvalue weighted by molar-refractivity contribution is 9.11. The molecule has 0 radical (unpaired) electrons. The van der Waals surface area contributed by atoms with Crippen LogP contribution in [0.4, 0.5) is 0 Å². The molecule has 16 heavy (non-hydrogen) atoms. The average molecular weight is 288 g/mol. The van der Waals surface area contributed by atoms with Crippen molar-refractivity contribution in [2.75, 3.05) is 6.54 Å². The first kappa shape index (κ1) is 15.3. The van der Waals surface area contributed by atoms with Gasteiger partial charge in [0.05, 0.1) is 0 Å². The summed E-state index contributed by atoms with van der Waals surface area (Å²) in [6, 6.07) is 0. The van der Waals surface area contributed by atoms with E-state index in [1.54, 1.807) is 5.01 Å². The molecule has 4 heteroatoms. The van der Waals surface area contributed by atoms with E-state index in [9.17, 15) is 0 Å². The maximum Gasteiger partial charge on any atom is 0.0383 e. The predicted octanol–water partition coefficient (Wildman–Crippen LogP) is 2.86. The van der Waals surface area contributed by atoms with Crippen molar-refractivity contribution < 1.29 is 0 Å². The van der Waals surface area contributed by atoms with Gasteiger partial charge in [-0.1, -0.05) is 26.8 Å². The van der Waals surface area contributed by atoms with Gasteiger partial charge in [0.2, 0.25) is 0 Å². The second-order valence-electron chi connectivity index (χ2n) is 4.96. The van der Waals surface area contributed by atoms with E-state index in [0.29, 0.717) is 0 Å². The molecule has 0 amide bonds. The van der Waals surface area contributed by atoms with Crippen LogP contribution in [-0.4, -0.2) is 11.6 Å². The Bertz CT molecular complexity index is 294. The lowest BCUT2D eigenvalue weighted by molar-refractivity contribution is 0.256. The minimum atomic E-state index is 0.192. The summed E-state index contributed by atoms with van der Waals surface area (Å²) in [5.74, 6) is 5.80. The van der Waals surface area contributed by atoms with E-state index in [4.69, 9.17) is 11.6 Å². The highest BCUT2D eigenvalue weighted by atomic mass is 79.9. The third-order valence-electron chi connectivity index (χ3n) is 1.66. The quantitative estimate of drug-likeness (QED) is 0.475. The molecule has 0 bridgehead atoms. The third-order valence-corrected chi connectivity index (χ3v) is 2.55. The third kappa shape index (κ3) is 8.56. The van der Waals surface area contributed by atoms with Crippen LogP contribution >= 0.6 is 15.9 Å². The van der Waals surface area contributed by atoms with Gasteiger partial charge in [0.15, 0.2) is 0 Å². The van der Waals surface area contributed by atoms with E-state index in [1.807, 2.05) is 31.4 Å². The zero-order valence-electron chi connectivity index (χ0n) is 10.5. The molecule has 0 fully saturated rings. The Morgan fingerprint density at radius 3 is 2.31 bits per heavy atom. The highest BCUT2D eigenvalue weighted by Gasteiger charge is 2.11. The Morgan fingerprint density at radius 1 is 1.31 bits per heavy atom. The van der Waals surface area contributed by atoms with Crippen molar-refractivity contribution in [3.63, 3.8) is 0 Å². The van der Waals surface area contributed by atoms with Gasteiger partial charge < -0.3 is 10.7 Å². The van der Waals surface area contributed by atoms with Crippen molar-refractivity contribution in [2.45, 2.75) is 27.7 Å². The van der Waals surface area contributed by atoms with Crippen molar-refractivity contribution in [2.24, 2.45) is 17.0 Å². The number of hydrazine groups is 1. The topological polar surface area (TPSA) is 55.3 Å². The number of halogens is 1. The molecule has 0 heterocycles. The van der Waals surface area contributed by atoms with Crippen LogP contribution in [0.15, 0.2) is 34.6 Å². The summed E-state index contributed by atoms with van der Waals surface area (Å²) >= 11 is 3.35. The molecular weight excluding hydrogens is 266 g/mol. The first-order chi connectivity index (χ1) is 7.22. The lowest BCUT2D eigenvalue weighted by Gasteiger charge is -2.24. The predicted molar refractivity (Wildman–Crippen MR) is 74.4 cm³/mol. The molecule has 0 aliphatic heterocycles. The van der Waals surface area contributed by atoms with Gasteiger partial charge in [0, 0.05) is 22.9 Å². The zero-order valence-corrected chi connectivity index (χ0v) is 12.1. The Hall–Kier alpha value is -0.740. The second kappa shape index (κ2) is 6.76. The fourth-order valence-corrected chi connectivity index (χ4v) is 1.18. The van der Waals surface area contributed by atoms with Crippen molar-refractivity contribution in [3.8, 4) is 0 Å². The summed E-state index contributed by atoms with van der Waals surface area (Å²) in [7, 11) is 0.